The van der Waals surface area contributed by atoms with E-state index in [9.17, 15) is 0 Å². The van der Waals surface area contributed by atoms with Crippen molar-refractivity contribution < 1.29 is 0 Å². The minimum atomic E-state index is 0.612. The van der Waals surface area contributed by atoms with Gasteiger partial charge >= 0.3 is 0 Å². The molecule has 0 bridgehead atoms. The van der Waals surface area contributed by atoms with Crippen molar-refractivity contribution in [2.45, 2.75) is 0 Å². The molecular weight excluding hydrogens is 164 g/mol. The summed E-state index contributed by atoms with van der Waals surface area (Å²) in [7, 11) is 1.78. The van der Waals surface area contributed by atoms with Crippen molar-refractivity contribution in [3.63, 3.8) is 0 Å². The molecule has 0 spiro atoms. The predicted molar refractivity (Wildman–Crippen MR) is 49.5 cm³/mol. The van der Waals surface area contributed by atoms with Crippen molar-refractivity contribution in [1.29, 1.82) is 5.26 Å². The van der Waals surface area contributed by atoms with Gasteiger partial charge in [-0.3, -0.25) is 0 Å². The van der Waals surface area contributed by atoms with Gasteiger partial charge in [-0.05, 0) is 6.07 Å². The Morgan fingerprint density at radius 2 is 2.38 bits per heavy atom. The molecule has 0 amide bonds. The van der Waals surface area contributed by atoms with Crippen molar-refractivity contribution in [3.8, 4) is 6.07 Å². The van der Waals surface area contributed by atoms with E-state index in [1.165, 1.54) is 0 Å². The molecule has 0 aliphatic carbocycles. The first-order valence-corrected chi connectivity index (χ1v) is 3.90. The van der Waals surface area contributed by atoms with E-state index >= 15 is 0 Å². The normalized spacial score (nSPS) is 9.85. The average molecular weight is 172 g/mol. The molecule has 0 aliphatic rings. The third-order valence-corrected chi connectivity index (χ3v) is 1.93. The molecule has 64 valence electrons. The Morgan fingerprint density at radius 1 is 1.54 bits per heavy atom. The van der Waals surface area contributed by atoms with Gasteiger partial charge in [-0.2, -0.15) is 5.26 Å². The van der Waals surface area contributed by atoms with E-state index in [4.69, 9.17) is 5.26 Å². The molecule has 0 saturated heterocycles. The van der Waals surface area contributed by atoms with Crippen molar-refractivity contribution in [2.24, 2.45) is 0 Å². The van der Waals surface area contributed by atoms with Crippen LogP contribution < -0.4 is 5.32 Å². The third kappa shape index (κ3) is 1.02. The Balaban J connectivity index is 2.84. The SMILES string of the molecule is CNc1c(C#N)ccn2ccnc12. The smallest absolute Gasteiger partial charge is 0.161 e. The molecule has 0 aliphatic heterocycles. The molecule has 0 unspecified atom stereocenters. The summed E-state index contributed by atoms with van der Waals surface area (Å²) in [5.74, 6) is 0. The standard InChI is InChI=1S/C9H8N4/c1-11-8-7(6-10)2-4-13-5-3-12-9(8)13/h2-5,11H,1H3. The number of rotatable bonds is 1. The van der Waals surface area contributed by atoms with Crippen LogP contribution in [-0.4, -0.2) is 16.4 Å². The van der Waals surface area contributed by atoms with E-state index in [1.54, 1.807) is 19.3 Å². The van der Waals surface area contributed by atoms with Crippen LogP contribution in [0.5, 0.6) is 0 Å². The zero-order chi connectivity index (χ0) is 9.26. The van der Waals surface area contributed by atoms with Crippen molar-refractivity contribution in [1.82, 2.24) is 9.38 Å². The van der Waals surface area contributed by atoms with E-state index < -0.39 is 0 Å². The van der Waals surface area contributed by atoms with Crippen LogP contribution in [0.4, 0.5) is 5.69 Å². The van der Waals surface area contributed by atoms with Gasteiger partial charge < -0.3 is 9.72 Å². The maximum atomic E-state index is 8.82. The summed E-state index contributed by atoms with van der Waals surface area (Å²) in [4.78, 5) is 4.15. The minimum Gasteiger partial charge on any atom is -0.384 e. The molecular formula is C9H8N4. The van der Waals surface area contributed by atoms with Crippen LogP contribution in [0.2, 0.25) is 0 Å². The summed E-state index contributed by atoms with van der Waals surface area (Å²) < 4.78 is 1.87. The lowest BCUT2D eigenvalue weighted by molar-refractivity contribution is 1.18. The Hall–Kier alpha value is -2.02. The number of pyridine rings is 1. The number of aromatic nitrogens is 2. The highest BCUT2D eigenvalue weighted by Gasteiger charge is 2.05. The molecule has 0 atom stereocenters. The summed E-state index contributed by atoms with van der Waals surface area (Å²) >= 11 is 0. The fraction of sp³-hybridized carbons (Fsp3) is 0.111. The molecule has 4 heteroatoms. The predicted octanol–water partition coefficient (Wildman–Crippen LogP) is 1.25. The van der Waals surface area contributed by atoms with Crippen LogP contribution in [0.3, 0.4) is 0 Å². The number of anilines is 1. The minimum absolute atomic E-state index is 0.612. The van der Waals surface area contributed by atoms with Crippen LogP contribution in [0, 0.1) is 11.3 Å². The summed E-state index contributed by atoms with van der Waals surface area (Å²) in [5.41, 5.74) is 2.16. The molecule has 4 nitrogen and oxygen atoms in total. The van der Waals surface area contributed by atoms with Gasteiger partial charge in [0.2, 0.25) is 0 Å². The Labute approximate surface area is 75.4 Å². The summed E-state index contributed by atoms with van der Waals surface area (Å²) in [5, 5.41) is 11.8. The first-order valence-electron chi connectivity index (χ1n) is 3.90. The van der Waals surface area contributed by atoms with Crippen molar-refractivity contribution >= 4 is 11.3 Å². The average Bonchev–Trinajstić information content (AvgIpc) is 2.63. The van der Waals surface area contributed by atoms with Crippen LogP contribution in [0.15, 0.2) is 24.7 Å². The number of imidazole rings is 1. The topological polar surface area (TPSA) is 53.1 Å². The number of hydrogen-bond acceptors (Lipinski definition) is 3. The second kappa shape index (κ2) is 2.79. The zero-order valence-corrected chi connectivity index (χ0v) is 7.15. The molecule has 2 aromatic rings. The van der Waals surface area contributed by atoms with E-state index in [0.717, 1.165) is 11.3 Å². The fourth-order valence-electron chi connectivity index (χ4n) is 1.33. The quantitative estimate of drug-likeness (QED) is 0.704. The number of hydrogen-bond donors (Lipinski definition) is 1. The Morgan fingerprint density at radius 3 is 3.08 bits per heavy atom. The third-order valence-electron chi connectivity index (χ3n) is 1.93. The largest absolute Gasteiger partial charge is 0.384 e. The van der Waals surface area contributed by atoms with Crippen LogP contribution in [0.1, 0.15) is 5.56 Å². The number of nitrogens with zero attached hydrogens (tertiary/aromatic N) is 3. The maximum absolute atomic E-state index is 8.82. The highest BCUT2D eigenvalue weighted by atomic mass is 15.0. The van der Waals surface area contributed by atoms with Gasteiger partial charge in [0, 0.05) is 25.6 Å². The van der Waals surface area contributed by atoms with Gasteiger partial charge in [0.25, 0.3) is 0 Å². The molecule has 0 saturated carbocycles. The molecule has 0 aromatic carbocycles. The lowest BCUT2D eigenvalue weighted by Crippen LogP contribution is -1.96. The highest BCUT2D eigenvalue weighted by Crippen LogP contribution is 2.19. The lowest BCUT2D eigenvalue weighted by atomic mass is 10.2. The number of nitriles is 1. The molecule has 0 radical (unpaired) electrons. The second-order valence-electron chi connectivity index (χ2n) is 2.62. The van der Waals surface area contributed by atoms with E-state index in [2.05, 4.69) is 16.4 Å². The highest BCUT2D eigenvalue weighted by molar-refractivity contribution is 5.74. The van der Waals surface area contributed by atoms with E-state index in [-0.39, 0.29) is 0 Å². The number of fused-ring (bicyclic) bond motifs is 1. The molecule has 2 aromatic heterocycles. The second-order valence-corrected chi connectivity index (χ2v) is 2.62. The van der Waals surface area contributed by atoms with Crippen molar-refractivity contribution in [3.05, 3.63) is 30.2 Å². The molecule has 0 fully saturated rings. The maximum Gasteiger partial charge on any atom is 0.161 e. The lowest BCUT2D eigenvalue weighted by Gasteiger charge is -2.03. The number of nitrogens with one attached hydrogen (secondary N) is 1. The van der Waals surface area contributed by atoms with Crippen molar-refractivity contribution in [2.75, 3.05) is 12.4 Å². The Kier molecular flexibility index (Phi) is 1.64. The molecule has 2 rings (SSSR count). The summed E-state index contributed by atoms with van der Waals surface area (Å²) in [6.07, 6.45) is 5.37. The monoisotopic (exact) mass is 172 g/mol. The molecule has 1 N–H and O–H groups in total. The van der Waals surface area contributed by atoms with E-state index in [0.29, 0.717) is 5.56 Å². The van der Waals surface area contributed by atoms with E-state index in [1.807, 2.05) is 16.8 Å². The summed E-state index contributed by atoms with van der Waals surface area (Å²) in [6, 6.07) is 3.88. The molecule has 2 heterocycles. The first kappa shape index (κ1) is 7.62. The van der Waals surface area contributed by atoms with Crippen LogP contribution in [0.25, 0.3) is 5.65 Å². The first-order chi connectivity index (χ1) is 6.36. The van der Waals surface area contributed by atoms with Gasteiger partial charge in [0.05, 0.1) is 11.3 Å². The molecule has 13 heavy (non-hydrogen) atoms. The van der Waals surface area contributed by atoms with Gasteiger partial charge in [-0.15, -0.1) is 0 Å². The summed E-state index contributed by atoms with van der Waals surface area (Å²) in [6.45, 7) is 0. The van der Waals surface area contributed by atoms with Gasteiger partial charge in [-0.25, -0.2) is 4.98 Å². The van der Waals surface area contributed by atoms with Gasteiger partial charge in [0.15, 0.2) is 5.65 Å². The van der Waals surface area contributed by atoms with Gasteiger partial charge in [0.1, 0.15) is 6.07 Å². The van der Waals surface area contributed by atoms with Crippen LogP contribution in [-0.2, 0) is 0 Å². The van der Waals surface area contributed by atoms with Gasteiger partial charge in [-0.1, -0.05) is 0 Å². The Bertz CT molecular complexity index is 478. The fourth-order valence-corrected chi connectivity index (χ4v) is 1.33. The van der Waals surface area contributed by atoms with Crippen LogP contribution >= 0.6 is 0 Å². The zero-order valence-electron chi connectivity index (χ0n) is 7.15.